The number of hydrogen-bond donors (Lipinski definition) is 1. The summed E-state index contributed by atoms with van der Waals surface area (Å²) in [5, 5.41) is 11.1. The zero-order valence-electron chi connectivity index (χ0n) is 22.0. The van der Waals surface area contributed by atoms with Gasteiger partial charge in [-0.1, -0.05) is 48.0 Å². The average molecular weight is 587 g/mol. The molecule has 210 valence electrons. The van der Waals surface area contributed by atoms with Crippen LogP contribution in [0.25, 0.3) is 27.7 Å². The Balaban J connectivity index is 1.40. The molecular weight excluding hydrogens is 564 g/mol. The Morgan fingerprint density at radius 1 is 0.976 bits per heavy atom. The molecule has 0 radical (unpaired) electrons. The van der Waals surface area contributed by atoms with Gasteiger partial charge in [-0.15, -0.1) is 11.3 Å². The first-order valence-electron chi connectivity index (χ1n) is 13.1. The monoisotopic (exact) mass is 586 g/mol. The second-order valence-electron chi connectivity index (χ2n) is 9.95. The summed E-state index contributed by atoms with van der Waals surface area (Å²) in [6.07, 6.45) is -3.76. The number of carbonyl (C=O) groups excluding carboxylic acids is 1. The first-order valence-corrected chi connectivity index (χ1v) is 14.0. The van der Waals surface area contributed by atoms with E-state index in [2.05, 4.69) is 16.0 Å². The summed E-state index contributed by atoms with van der Waals surface area (Å²) in [5.74, 6) is -1.09. The van der Waals surface area contributed by atoms with Crippen LogP contribution in [0.15, 0.2) is 83.7 Å². The minimum Gasteiger partial charge on any atom is -0.338 e. The van der Waals surface area contributed by atoms with E-state index >= 15 is 0 Å². The molecule has 0 atom stereocenters. The van der Waals surface area contributed by atoms with Gasteiger partial charge in [0, 0.05) is 24.7 Å². The van der Waals surface area contributed by atoms with Gasteiger partial charge in [-0.05, 0) is 59.2 Å². The molecule has 1 saturated heterocycles. The number of nitriles is 1. The number of imidazole rings is 1. The quantitative estimate of drug-likeness (QED) is 0.217. The first kappa shape index (κ1) is 27.4. The highest BCUT2D eigenvalue weighted by molar-refractivity contribution is 7.12. The van der Waals surface area contributed by atoms with Crippen molar-refractivity contribution in [2.45, 2.75) is 19.0 Å². The second-order valence-corrected chi connectivity index (χ2v) is 10.9. The molecule has 0 bridgehead atoms. The molecular formula is C32H22F4N4OS. The van der Waals surface area contributed by atoms with Gasteiger partial charge in [-0.25, -0.2) is 9.37 Å². The number of nitrogens with one attached hydrogen (secondary N) is 1. The normalized spacial score (nSPS) is 13.8. The predicted octanol–water partition coefficient (Wildman–Crippen LogP) is 8.06. The maximum atomic E-state index is 14.4. The van der Waals surface area contributed by atoms with Crippen LogP contribution in [0, 0.1) is 17.1 Å². The van der Waals surface area contributed by atoms with Gasteiger partial charge >= 0.3 is 6.18 Å². The van der Waals surface area contributed by atoms with E-state index in [0.29, 0.717) is 47.8 Å². The summed E-state index contributed by atoms with van der Waals surface area (Å²) < 4.78 is 54.5. The lowest BCUT2D eigenvalue weighted by atomic mass is 9.91. The second kappa shape index (κ2) is 10.9. The molecule has 0 spiro atoms. The molecule has 3 heterocycles. The molecule has 0 unspecified atom stereocenters. The van der Waals surface area contributed by atoms with E-state index in [1.807, 2.05) is 47.8 Å². The van der Waals surface area contributed by atoms with Gasteiger partial charge in [0.1, 0.15) is 11.6 Å². The molecule has 1 aliphatic rings. The Morgan fingerprint density at radius 3 is 2.40 bits per heavy atom. The number of alkyl halides is 3. The van der Waals surface area contributed by atoms with Crippen LogP contribution in [0.3, 0.4) is 0 Å². The number of amides is 1. The first-order chi connectivity index (χ1) is 20.2. The van der Waals surface area contributed by atoms with Crippen LogP contribution >= 0.6 is 11.3 Å². The third kappa shape index (κ3) is 5.31. The number of hydrogen-bond acceptors (Lipinski definition) is 4. The van der Waals surface area contributed by atoms with E-state index in [4.69, 9.17) is 0 Å². The summed E-state index contributed by atoms with van der Waals surface area (Å²) in [4.78, 5) is 22.9. The fraction of sp³-hybridized carbons (Fsp3) is 0.156. The van der Waals surface area contributed by atoms with Crippen molar-refractivity contribution in [3.8, 4) is 17.2 Å². The van der Waals surface area contributed by atoms with Crippen molar-refractivity contribution in [2.75, 3.05) is 13.1 Å². The fourth-order valence-corrected chi connectivity index (χ4v) is 5.95. The van der Waals surface area contributed by atoms with Gasteiger partial charge in [0.2, 0.25) is 0 Å². The maximum absolute atomic E-state index is 14.4. The molecule has 3 aromatic carbocycles. The Morgan fingerprint density at radius 2 is 1.74 bits per heavy atom. The number of aromatic nitrogens is 2. The molecule has 42 heavy (non-hydrogen) atoms. The summed E-state index contributed by atoms with van der Waals surface area (Å²) in [6, 6.07) is 22.2. The van der Waals surface area contributed by atoms with E-state index in [-0.39, 0.29) is 16.9 Å². The Kier molecular flexibility index (Phi) is 7.12. The van der Waals surface area contributed by atoms with Crippen molar-refractivity contribution in [1.82, 2.24) is 14.9 Å². The van der Waals surface area contributed by atoms with Crippen molar-refractivity contribution in [3.63, 3.8) is 0 Å². The van der Waals surface area contributed by atoms with E-state index in [1.165, 1.54) is 11.3 Å². The summed E-state index contributed by atoms with van der Waals surface area (Å²) in [5.41, 5.74) is 3.57. The van der Waals surface area contributed by atoms with Crippen LogP contribution in [0.4, 0.5) is 17.6 Å². The zero-order valence-corrected chi connectivity index (χ0v) is 22.8. The summed E-state index contributed by atoms with van der Waals surface area (Å²) in [7, 11) is 0. The number of carbonyl (C=O) groups is 1. The predicted molar refractivity (Wildman–Crippen MR) is 153 cm³/mol. The van der Waals surface area contributed by atoms with Gasteiger partial charge in [-0.2, -0.15) is 18.4 Å². The van der Waals surface area contributed by atoms with Crippen LogP contribution in [-0.4, -0.2) is 33.9 Å². The fourth-order valence-electron chi connectivity index (χ4n) is 5.26. The van der Waals surface area contributed by atoms with Crippen LogP contribution < -0.4 is 0 Å². The van der Waals surface area contributed by atoms with E-state index < -0.39 is 17.6 Å². The van der Waals surface area contributed by atoms with E-state index in [9.17, 15) is 27.6 Å². The molecule has 10 heteroatoms. The van der Waals surface area contributed by atoms with Crippen LogP contribution in [0.1, 0.15) is 45.0 Å². The minimum atomic E-state index is -4.84. The smallest absolute Gasteiger partial charge is 0.338 e. The van der Waals surface area contributed by atoms with Gasteiger partial charge in [0.05, 0.1) is 33.1 Å². The third-order valence-electron chi connectivity index (χ3n) is 7.35. The van der Waals surface area contributed by atoms with Crippen LogP contribution in [0.2, 0.25) is 0 Å². The minimum absolute atomic E-state index is 0.0338. The van der Waals surface area contributed by atoms with Crippen LogP contribution in [-0.2, 0) is 6.18 Å². The topological polar surface area (TPSA) is 72.8 Å². The molecule has 5 nitrogen and oxygen atoms in total. The average Bonchev–Trinajstić information content (AvgIpc) is 3.67. The van der Waals surface area contributed by atoms with Crippen molar-refractivity contribution >= 4 is 33.9 Å². The highest BCUT2D eigenvalue weighted by Gasteiger charge is 2.35. The molecule has 1 amide bonds. The Labute approximate surface area is 242 Å². The SMILES string of the molecule is N#Cc1cccc(-c2ccc(C(=C3CCN(C(=O)c4cccs4)CC3)c3nc4cc(F)c(C(F)(F)F)cc4[nH]3)cc2)c1. The van der Waals surface area contributed by atoms with Crippen molar-refractivity contribution in [2.24, 2.45) is 0 Å². The number of thiophene rings is 1. The maximum Gasteiger partial charge on any atom is 0.419 e. The van der Waals surface area contributed by atoms with Crippen molar-refractivity contribution in [1.29, 1.82) is 5.26 Å². The molecule has 5 aromatic rings. The lowest BCUT2D eigenvalue weighted by Gasteiger charge is -2.29. The van der Waals surface area contributed by atoms with Gasteiger partial charge in [0.25, 0.3) is 5.91 Å². The molecule has 1 aliphatic heterocycles. The number of benzene rings is 3. The molecule has 6 rings (SSSR count). The third-order valence-corrected chi connectivity index (χ3v) is 8.21. The van der Waals surface area contributed by atoms with Gasteiger partial charge < -0.3 is 9.88 Å². The van der Waals surface area contributed by atoms with Crippen molar-refractivity contribution in [3.05, 3.63) is 117 Å². The van der Waals surface area contributed by atoms with Gasteiger partial charge in [0.15, 0.2) is 0 Å². The van der Waals surface area contributed by atoms with Crippen molar-refractivity contribution < 1.29 is 22.4 Å². The number of H-pyrrole nitrogens is 1. The van der Waals surface area contributed by atoms with Gasteiger partial charge in [-0.3, -0.25) is 4.79 Å². The largest absolute Gasteiger partial charge is 0.419 e. The van der Waals surface area contributed by atoms with E-state index in [0.717, 1.165) is 34.4 Å². The lowest BCUT2D eigenvalue weighted by molar-refractivity contribution is -0.139. The summed E-state index contributed by atoms with van der Waals surface area (Å²) in [6.45, 7) is 0.948. The lowest BCUT2D eigenvalue weighted by Crippen LogP contribution is -2.36. The number of nitrogens with zero attached hydrogens (tertiary/aromatic N) is 3. The number of piperidine rings is 1. The van der Waals surface area contributed by atoms with Crippen LogP contribution in [0.5, 0.6) is 0 Å². The Hall–Kier alpha value is -4.75. The highest BCUT2D eigenvalue weighted by Crippen LogP contribution is 2.37. The highest BCUT2D eigenvalue weighted by atomic mass is 32.1. The molecule has 2 aromatic heterocycles. The number of rotatable bonds is 4. The molecule has 1 N–H and O–H groups in total. The standard InChI is InChI=1S/C32H22F4N4OS/c33-25-17-27-26(16-24(25)32(34,35)36)38-30(39-27)29(22-10-12-40(13-11-22)31(41)28-5-2-14-42-28)21-8-6-20(7-9-21)23-4-1-3-19(15-23)18-37/h1-9,14-17H,10-13H2,(H,38,39). The summed E-state index contributed by atoms with van der Waals surface area (Å²) >= 11 is 1.39. The molecule has 1 fully saturated rings. The number of aromatic amines is 1. The number of halogens is 4. The van der Waals surface area contributed by atoms with E-state index in [1.54, 1.807) is 23.1 Å². The Bertz CT molecular complexity index is 1860. The molecule has 0 aliphatic carbocycles. The number of likely N-dealkylation sites (tertiary alicyclic amines) is 1. The number of fused-ring (bicyclic) bond motifs is 1. The molecule has 0 saturated carbocycles. The zero-order chi connectivity index (χ0) is 29.4.